The molecule has 0 aliphatic heterocycles. The number of Topliss-reactive ketones (excluding diaryl/α,β-unsaturated/α-hetero) is 1. The van der Waals surface area contributed by atoms with Gasteiger partial charge in [0.15, 0.2) is 5.76 Å². The lowest BCUT2D eigenvalue weighted by Crippen LogP contribution is -2.54. The lowest BCUT2D eigenvalue weighted by Gasteiger charge is -2.53. The standard InChI is InChI=1S/C20H28O3/c1-10(2)8-14-9-12(4)15-7-6-11(3)16-17(15)20(14,23)13(5)18(21)19(16)22/h8,11-12,14-15,21,23H,6-7,9H2,1-5H3/t11-,12-,14-,15?,20?/m0/s1. The number of rotatable bonds is 1. The van der Waals surface area contributed by atoms with Gasteiger partial charge in [-0.1, -0.05) is 25.5 Å². The lowest BCUT2D eigenvalue weighted by atomic mass is 9.53. The van der Waals surface area contributed by atoms with Gasteiger partial charge in [0.25, 0.3) is 0 Å². The first-order valence-corrected chi connectivity index (χ1v) is 8.76. The maximum absolute atomic E-state index is 12.7. The fourth-order valence-corrected chi connectivity index (χ4v) is 5.07. The van der Waals surface area contributed by atoms with Crippen molar-refractivity contribution in [1.82, 2.24) is 0 Å². The molecule has 1 fully saturated rings. The Bertz CT molecular complexity index is 648. The van der Waals surface area contributed by atoms with Gasteiger partial charge in [-0.05, 0) is 63.4 Å². The van der Waals surface area contributed by atoms with Crippen LogP contribution in [0.1, 0.15) is 53.9 Å². The Labute approximate surface area is 138 Å². The molecule has 3 heteroatoms. The monoisotopic (exact) mass is 316 g/mol. The molecule has 3 nitrogen and oxygen atoms in total. The van der Waals surface area contributed by atoms with E-state index >= 15 is 0 Å². The van der Waals surface area contributed by atoms with Crippen LogP contribution in [0, 0.1) is 23.7 Å². The van der Waals surface area contributed by atoms with Crippen LogP contribution in [0.25, 0.3) is 0 Å². The summed E-state index contributed by atoms with van der Waals surface area (Å²) in [4.78, 5) is 12.7. The minimum absolute atomic E-state index is 0.0794. The molecule has 0 radical (unpaired) electrons. The first kappa shape index (κ1) is 16.5. The van der Waals surface area contributed by atoms with Crippen molar-refractivity contribution in [3.05, 3.63) is 34.1 Å². The zero-order chi connectivity index (χ0) is 17.1. The molecule has 0 saturated heterocycles. The van der Waals surface area contributed by atoms with Crippen molar-refractivity contribution in [3.63, 3.8) is 0 Å². The molecular formula is C20H28O3. The number of allylic oxidation sites excluding steroid dienone is 2. The number of aliphatic hydroxyl groups excluding tert-OH is 1. The number of ketones is 1. The van der Waals surface area contributed by atoms with Gasteiger partial charge in [0, 0.05) is 17.1 Å². The summed E-state index contributed by atoms with van der Waals surface area (Å²) in [5.41, 5.74) is 2.00. The molecule has 0 amide bonds. The molecule has 0 aromatic heterocycles. The van der Waals surface area contributed by atoms with Gasteiger partial charge in [-0.2, -0.15) is 0 Å². The minimum Gasteiger partial charge on any atom is -0.504 e. The summed E-state index contributed by atoms with van der Waals surface area (Å²) in [6.07, 6.45) is 4.97. The zero-order valence-corrected chi connectivity index (χ0v) is 14.8. The van der Waals surface area contributed by atoms with Crippen molar-refractivity contribution in [3.8, 4) is 0 Å². The van der Waals surface area contributed by atoms with E-state index < -0.39 is 5.60 Å². The van der Waals surface area contributed by atoms with E-state index in [0.29, 0.717) is 17.1 Å². The number of hydrogen-bond donors (Lipinski definition) is 2. The highest BCUT2D eigenvalue weighted by molar-refractivity contribution is 6.10. The maximum atomic E-state index is 12.7. The number of hydrogen-bond acceptors (Lipinski definition) is 3. The van der Waals surface area contributed by atoms with Gasteiger partial charge >= 0.3 is 0 Å². The highest BCUT2D eigenvalue weighted by Crippen LogP contribution is 2.57. The zero-order valence-electron chi connectivity index (χ0n) is 14.8. The topological polar surface area (TPSA) is 57.5 Å². The van der Waals surface area contributed by atoms with Crippen molar-refractivity contribution >= 4 is 5.78 Å². The van der Waals surface area contributed by atoms with Gasteiger partial charge in [-0.15, -0.1) is 0 Å². The first-order valence-electron chi connectivity index (χ1n) is 8.76. The smallest absolute Gasteiger partial charge is 0.223 e. The Balaban J connectivity index is 2.29. The molecule has 5 atom stereocenters. The van der Waals surface area contributed by atoms with E-state index in [2.05, 4.69) is 13.0 Å². The summed E-state index contributed by atoms with van der Waals surface area (Å²) in [5.74, 6) is 0.219. The van der Waals surface area contributed by atoms with Crippen LogP contribution < -0.4 is 0 Å². The molecule has 1 saturated carbocycles. The van der Waals surface area contributed by atoms with Gasteiger partial charge in [-0.25, -0.2) is 0 Å². The van der Waals surface area contributed by atoms with Gasteiger partial charge in [0.05, 0.1) is 0 Å². The maximum Gasteiger partial charge on any atom is 0.223 e. The largest absolute Gasteiger partial charge is 0.504 e. The fraction of sp³-hybridized carbons (Fsp3) is 0.650. The van der Waals surface area contributed by atoms with Crippen molar-refractivity contribution in [1.29, 1.82) is 0 Å². The third kappa shape index (κ3) is 2.16. The highest BCUT2D eigenvalue weighted by atomic mass is 16.3. The predicted octanol–water partition coefficient (Wildman–Crippen LogP) is 4.10. The summed E-state index contributed by atoms with van der Waals surface area (Å²) < 4.78 is 0. The van der Waals surface area contributed by atoms with Crippen molar-refractivity contribution in [2.75, 3.05) is 0 Å². The summed E-state index contributed by atoms with van der Waals surface area (Å²) in [6.45, 7) is 10.1. The van der Waals surface area contributed by atoms with Gasteiger partial charge in [-0.3, -0.25) is 4.79 Å². The van der Waals surface area contributed by atoms with E-state index in [9.17, 15) is 15.0 Å². The Hall–Kier alpha value is -1.35. The summed E-state index contributed by atoms with van der Waals surface area (Å²) in [5, 5.41) is 22.1. The Morgan fingerprint density at radius 2 is 1.91 bits per heavy atom. The second-order valence-electron chi connectivity index (χ2n) is 8.04. The fourth-order valence-electron chi connectivity index (χ4n) is 5.07. The molecule has 23 heavy (non-hydrogen) atoms. The molecule has 0 heterocycles. The average Bonchev–Trinajstić information content (AvgIpc) is 2.48. The molecule has 0 bridgehead atoms. The predicted molar refractivity (Wildman–Crippen MR) is 90.9 cm³/mol. The van der Waals surface area contributed by atoms with Crippen LogP contribution in [0.15, 0.2) is 34.1 Å². The van der Waals surface area contributed by atoms with Crippen LogP contribution in [-0.2, 0) is 4.79 Å². The number of carbonyl (C=O) groups excluding carboxylic acids is 1. The van der Waals surface area contributed by atoms with E-state index in [0.717, 1.165) is 30.4 Å². The summed E-state index contributed by atoms with van der Waals surface area (Å²) in [6, 6.07) is 0. The second kappa shape index (κ2) is 5.34. The Kier molecular flexibility index (Phi) is 3.83. The van der Waals surface area contributed by atoms with E-state index in [-0.39, 0.29) is 29.3 Å². The van der Waals surface area contributed by atoms with Crippen LogP contribution in [-0.4, -0.2) is 21.6 Å². The SMILES string of the molecule is CC(C)=C[C@H]1C[C@H](C)C2CC[C@H](C)C3=C2C1(O)C(C)=C(O)C3=O. The molecule has 3 aliphatic carbocycles. The molecular weight excluding hydrogens is 288 g/mol. The highest BCUT2D eigenvalue weighted by Gasteiger charge is 2.56. The van der Waals surface area contributed by atoms with Gasteiger partial charge in [0.1, 0.15) is 5.60 Å². The minimum atomic E-state index is -1.20. The molecule has 0 spiro atoms. The van der Waals surface area contributed by atoms with Crippen LogP contribution in [0.5, 0.6) is 0 Å². The first-order chi connectivity index (χ1) is 10.7. The van der Waals surface area contributed by atoms with Crippen molar-refractivity contribution in [2.45, 2.75) is 59.5 Å². The van der Waals surface area contributed by atoms with Crippen molar-refractivity contribution in [2.24, 2.45) is 23.7 Å². The Morgan fingerprint density at radius 1 is 1.26 bits per heavy atom. The quantitative estimate of drug-likeness (QED) is 0.716. The third-order valence-electron chi connectivity index (χ3n) is 6.25. The molecule has 2 unspecified atom stereocenters. The third-order valence-corrected chi connectivity index (χ3v) is 6.25. The van der Waals surface area contributed by atoms with E-state index in [4.69, 9.17) is 0 Å². The van der Waals surface area contributed by atoms with Crippen LogP contribution in [0.3, 0.4) is 0 Å². The van der Waals surface area contributed by atoms with E-state index in [1.807, 2.05) is 20.8 Å². The van der Waals surface area contributed by atoms with Gasteiger partial charge < -0.3 is 10.2 Å². The molecule has 0 aromatic rings. The van der Waals surface area contributed by atoms with E-state index in [1.165, 1.54) is 0 Å². The average molecular weight is 316 g/mol. The Morgan fingerprint density at radius 3 is 2.52 bits per heavy atom. The summed E-state index contributed by atoms with van der Waals surface area (Å²) >= 11 is 0. The molecule has 2 N–H and O–H groups in total. The van der Waals surface area contributed by atoms with Crippen LogP contribution in [0.4, 0.5) is 0 Å². The molecule has 126 valence electrons. The summed E-state index contributed by atoms with van der Waals surface area (Å²) in [7, 11) is 0. The lowest BCUT2D eigenvalue weighted by molar-refractivity contribution is -0.117. The number of carbonyl (C=O) groups is 1. The van der Waals surface area contributed by atoms with Crippen LogP contribution >= 0.6 is 0 Å². The molecule has 0 aromatic carbocycles. The van der Waals surface area contributed by atoms with Crippen LogP contribution in [0.2, 0.25) is 0 Å². The number of aliphatic hydroxyl groups is 2. The van der Waals surface area contributed by atoms with E-state index in [1.54, 1.807) is 6.92 Å². The van der Waals surface area contributed by atoms with Gasteiger partial charge in [0.2, 0.25) is 5.78 Å². The normalized spacial score (nSPS) is 40.2. The van der Waals surface area contributed by atoms with Crippen molar-refractivity contribution < 1.29 is 15.0 Å². The molecule has 3 rings (SSSR count). The molecule has 3 aliphatic rings. The second-order valence-corrected chi connectivity index (χ2v) is 8.04.